The van der Waals surface area contributed by atoms with Crippen LogP contribution in [0.4, 0.5) is 11.4 Å². The Morgan fingerprint density at radius 2 is 1.78 bits per heavy atom. The van der Waals surface area contributed by atoms with E-state index in [4.69, 9.17) is 0 Å². The van der Waals surface area contributed by atoms with E-state index in [9.17, 15) is 19.5 Å². The molecule has 0 unspecified atom stereocenters. The van der Waals surface area contributed by atoms with Gasteiger partial charge in [-0.1, -0.05) is 19.1 Å². The van der Waals surface area contributed by atoms with Crippen LogP contribution >= 0.6 is 11.3 Å². The highest BCUT2D eigenvalue weighted by molar-refractivity contribution is 7.18. The molecule has 1 saturated carbocycles. The summed E-state index contributed by atoms with van der Waals surface area (Å²) in [6.07, 6.45) is 8.04. The number of carbonyl (C=O) groups excluding carboxylic acids is 2. The number of anilines is 2. The van der Waals surface area contributed by atoms with Gasteiger partial charge in [-0.25, -0.2) is 9.78 Å². The fraction of sp³-hybridized carbons (Fsp3) is 0.370. The van der Waals surface area contributed by atoms with E-state index in [1.54, 1.807) is 23.1 Å². The Kier molecular flexibility index (Phi) is 7.79. The highest BCUT2D eigenvalue weighted by atomic mass is 32.1. The molecule has 0 saturated heterocycles. The van der Waals surface area contributed by atoms with Gasteiger partial charge >= 0.3 is 5.97 Å². The van der Waals surface area contributed by atoms with Crippen LogP contribution in [0.1, 0.15) is 66.6 Å². The number of rotatable bonds is 7. The van der Waals surface area contributed by atoms with Gasteiger partial charge < -0.3 is 15.3 Å². The third kappa shape index (κ3) is 5.62. The molecule has 36 heavy (non-hydrogen) atoms. The van der Waals surface area contributed by atoms with Gasteiger partial charge in [0.1, 0.15) is 10.6 Å². The second-order valence-electron chi connectivity index (χ2n) is 9.51. The molecule has 1 aromatic carbocycles. The zero-order valence-corrected chi connectivity index (χ0v) is 21.4. The molecule has 2 heterocycles. The Hall–Kier alpha value is -3.59. The van der Waals surface area contributed by atoms with E-state index in [0.29, 0.717) is 17.3 Å². The van der Waals surface area contributed by atoms with E-state index in [2.05, 4.69) is 22.2 Å². The number of carboxylic acids is 1. The average molecular weight is 507 g/mol. The standard InChI is InChI=1S/C27H30N4O4S/c1-16(2)31(26(33)19-6-4-17(3)5-7-19)22-14-23(36-24(22)27(34)35)18-8-10-20(11-9-18)30-25(32)21-15-28-12-13-29-21/h8-17,19H,4-7H2,1-3H3,(H,30,32)(H,34,35)/t17-,19-. The minimum absolute atomic E-state index is 0.00539. The maximum absolute atomic E-state index is 13.5. The van der Waals surface area contributed by atoms with Gasteiger partial charge in [-0.15, -0.1) is 11.3 Å². The molecular formula is C27H30N4O4S. The third-order valence-electron chi connectivity index (χ3n) is 6.51. The quantitative estimate of drug-likeness (QED) is 0.424. The highest BCUT2D eigenvalue weighted by Crippen LogP contribution is 2.40. The molecule has 0 radical (unpaired) electrons. The zero-order valence-electron chi connectivity index (χ0n) is 20.6. The number of hydrogen-bond donors (Lipinski definition) is 2. The maximum atomic E-state index is 13.5. The molecule has 1 fully saturated rings. The summed E-state index contributed by atoms with van der Waals surface area (Å²) in [6, 6.07) is 8.76. The van der Waals surface area contributed by atoms with Gasteiger partial charge in [-0.05, 0) is 69.2 Å². The molecule has 2 amide bonds. The molecule has 9 heteroatoms. The molecule has 0 aliphatic heterocycles. The van der Waals surface area contributed by atoms with Crippen LogP contribution in [0.3, 0.4) is 0 Å². The number of thiophene rings is 1. The van der Waals surface area contributed by atoms with Gasteiger partial charge in [0.25, 0.3) is 5.91 Å². The number of carboxylic acid groups (broad SMARTS) is 1. The Bertz CT molecular complexity index is 1230. The minimum Gasteiger partial charge on any atom is -0.477 e. The Morgan fingerprint density at radius 1 is 1.08 bits per heavy atom. The SMILES string of the molecule is CC(C)N(c1cc(-c2ccc(NC(=O)c3cnccn3)cc2)sc1C(=O)O)C(=O)[C@H]1CC[C@H](C)CC1. The van der Waals surface area contributed by atoms with Crippen molar-refractivity contribution in [2.45, 2.75) is 52.5 Å². The van der Waals surface area contributed by atoms with Gasteiger partial charge in [0, 0.05) is 34.9 Å². The number of nitrogens with one attached hydrogen (secondary N) is 1. The van der Waals surface area contributed by atoms with Crippen LogP contribution < -0.4 is 10.2 Å². The van der Waals surface area contributed by atoms with E-state index in [1.165, 1.54) is 18.6 Å². The highest BCUT2D eigenvalue weighted by Gasteiger charge is 2.33. The van der Waals surface area contributed by atoms with E-state index >= 15 is 0 Å². The summed E-state index contributed by atoms with van der Waals surface area (Å²) in [5.74, 6) is -0.871. The first-order chi connectivity index (χ1) is 17.2. The van der Waals surface area contributed by atoms with Crippen LogP contribution in [0.25, 0.3) is 10.4 Å². The molecule has 1 aliphatic rings. The van der Waals surface area contributed by atoms with E-state index in [-0.39, 0.29) is 34.3 Å². The second kappa shape index (κ2) is 11.0. The van der Waals surface area contributed by atoms with Gasteiger partial charge in [-0.3, -0.25) is 14.6 Å². The molecule has 2 aromatic heterocycles. The van der Waals surface area contributed by atoms with Crippen molar-refractivity contribution in [1.82, 2.24) is 9.97 Å². The maximum Gasteiger partial charge on any atom is 0.348 e. The van der Waals surface area contributed by atoms with Gasteiger partial charge in [0.15, 0.2) is 0 Å². The van der Waals surface area contributed by atoms with Gasteiger partial charge in [0.2, 0.25) is 5.91 Å². The Balaban J connectivity index is 1.58. The summed E-state index contributed by atoms with van der Waals surface area (Å²) in [6.45, 7) is 6.04. The fourth-order valence-corrected chi connectivity index (χ4v) is 5.53. The van der Waals surface area contributed by atoms with E-state index < -0.39 is 5.97 Å². The zero-order chi connectivity index (χ0) is 25.8. The number of hydrogen-bond acceptors (Lipinski definition) is 6. The van der Waals surface area contributed by atoms with Crippen LogP contribution in [-0.2, 0) is 4.79 Å². The minimum atomic E-state index is -1.05. The topological polar surface area (TPSA) is 112 Å². The first-order valence-electron chi connectivity index (χ1n) is 12.1. The molecule has 8 nitrogen and oxygen atoms in total. The Labute approximate surface area is 214 Å². The molecule has 0 bridgehead atoms. The van der Waals surface area contributed by atoms with Gasteiger partial charge in [0.05, 0.1) is 11.9 Å². The van der Waals surface area contributed by atoms with Crippen LogP contribution in [-0.4, -0.2) is 38.9 Å². The normalized spacial score (nSPS) is 17.6. The first kappa shape index (κ1) is 25.5. The summed E-state index contributed by atoms with van der Waals surface area (Å²) in [5.41, 5.74) is 2.03. The van der Waals surface area contributed by atoms with Crippen molar-refractivity contribution < 1.29 is 19.5 Å². The number of aromatic nitrogens is 2. The fourth-order valence-electron chi connectivity index (χ4n) is 4.54. The summed E-state index contributed by atoms with van der Waals surface area (Å²) in [4.78, 5) is 48.5. The lowest BCUT2D eigenvalue weighted by molar-refractivity contribution is -0.123. The second-order valence-corrected chi connectivity index (χ2v) is 10.6. The molecule has 4 rings (SSSR count). The number of aromatic carboxylic acids is 1. The monoisotopic (exact) mass is 506 g/mol. The molecule has 1 aliphatic carbocycles. The first-order valence-corrected chi connectivity index (χ1v) is 12.9. The summed E-state index contributed by atoms with van der Waals surface area (Å²) < 4.78 is 0. The predicted molar refractivity (Wildman–Crippen MR) is 140 cm³/mol. The summed E-state index contributed by atoms with van der Waals surface area (Å²) in [7, 11) is 0. The van der Waals surface area contributed by atoms with Crippen molar-refractivity contribution in [2.24, 2.45) is 11.8 Å². The lowest BCUT2D eigenvalue weighted by Gasteiger charge is -2.33. The van der Waals surface area contributed by atoms with Crippen LogP contribution in [0, 0.1) is 11.8 Å². The van der Waals surface area contributed by atoms with Crippen LogP contribution in [0.2, 0.25) is 0 Å². The van der Waals surface area contributed by atoms with Crippen molar-refractivity contribution in [3.63, 3.8) is 0 Å². The average Bonchev–Trinajstić information content (AvgIpc) is 3.30. The summed E-state index contributed by atoms with van der Waals surface area (Å²) in [5, 5.41) is 12.7. The molecule has 0 spiro atoms. The number of nitrogens with zero attached hydrogens (tertiary/aromatic N) is 3. The molecule has 3 aromatic rings. The molecule has 2 N–H and O–H groups in total. The van der Waals surface area contributed by atoms with Crippen molar-refractivity contribution in [1.29, 1.82) is 0 Å². The molecule has 0 atom stereocenters. The van der Waals surface area contributed by atoms with Gasteiger partial charge in [-0.2, -0.15) is 0 Å². The summed E-state index contributed by atoms with van der Waals surface area (Å²) >= 11 is 1.15. The van der Waals surface area contributed by atoms with Crippen molar-refractivity contribution in [3.05, 3.63) is 59.5 Å². The number of benzene rings is 1. The lowest BCUT2D eigenvalue weighted by Crippen LogP contribution is -2.42. The predicted octanol–water partition coefficient (Wildman–Crippen LogP) is 5.72. The van der Waals surface area contributed by atoms with E-state index in [1.807, 2.05) is 26.0 Å². The number of carbonyl (C=O) groups is 3. The largest absolute Gasteiger partial charge is 0.477 e. The van der Waals surface area contributed by atoms with Crippen molar-refractivity contribution in [2.75, 3.05) is 10.2 Å². The van der Waals surface area contributed by atoms with Crippen molar-refractivity contribution in [3.8, 4) is 10.4 Å². The Morgan fingerprint density at radius 3 is 2.36 bits per heavy atom. The third-order valence-corrected chi connectivity index (χ3v) is 7.67. The smallest absolute Gasteiger partial charge is 0.348 e. The van der Waals surface area contributed by atoms with E-state index in [0.717, 1.165) is 47.5 Å². The molecule has 188 valence electrons. The number of amides is 2. The van der Waals surface area contributed by atoms with Crippen molar-refractivity contribution >= 4 is 40.5 Å². The lowest BCUT2D eigenvalue weighted by atomic mass is 9.82. The molecular weight excluding hydrogens is 476 g/mol. The van der Waals surface area contributed by atoms with Crippen LogP contribution in [0.5, 0.6) is 0 Å². The van der Waals surface area contributed by atoms with Crippen LogP contribution in [0.15, 0.2) is 48.9 Å².